The van der Waals surface area contributed by atoms with Gasteiger partial charge in [0.05, 0.1) is 19.1 Å². The Labute approximate surface area is 108 Å². The number of hydrogen-bond acceptors (Lipinski definition) is 4. The topological polar surface area (TPSA) is 52.6 Å². The van der Waals surface area contributed by atoms with Gasteiger partial charge in [0.15, 0.2) is 0 Å². The summed E-state index contributed by atoms with van der Waals surface area (Å²) in [6.45, 7) is 7.85. The van der Waals surface area contributed by atoms with Gasteiger partial charge in [0.25, 0.3) is 0 Å². The molecule has 1 saturated carbocycles. The van der Waals surface area contributed by atoms with E-state index in [1.165, 1.54) is 0 Å². The van der Waals surface area contributed by atoms with E-state index >= 15 is 0 Å². The van der Waals surface area contributed by atoms with Crippen molar-refractivity contribution in [1.82, 2.24) is 0 Å². The maximum absolute atomic E-state index is 12.0. The first-order valence-electron chi connectivity index (χ1n) is 6.64. The molecule has 0 aromatic carbocycles. The average Bonchev–Trinajstić information content (AvgIpc) is 2.83. The summed E-state index contributed by atoms with van der Waals surface area (Å²) in [6.07, 6.45) is 4.08. The Morgan fingerprint density at radius 2 is 1.72 bits per heavy atom. The van der Waals surface area contributed by atoms with Gasteiger partial charge in [0.2, 0.25) is 0 Å². The van der Waals surface area contributed by atoms with E-state index in [-0.39, 0.29) is 24.1 Å². The minimum absolute atomic E-state index is 0.168. The van der Waals surface area contributed by atoms with Gasteiger partial charge in [-0.25, -0.2) is 4.79 Å². The summed E-state index contributed by atoms with van der Waals surface area (Å²) in [5.41, 5.74) is 0.238. The highest BCUT2D eigenvalue weighted by atomic mass is 16.5. The molecule has 4 nitrogen and oxygen atoms in total. The third kappa shape index (κ3) is 3.59. The quantitative estimate of drug-likeness (QED) is 0.539. The predicted octanol–water partition coefficient (Wildman–Crippen LogP) is 2.48. The fourth-order valence-electron chi connectivity index (χ4n) is 2.49. The minimum atomic E-state index is -0.536. The molecule has 0 N–H and O–H groups in total. The van der Waals surface area contributed by atoms with Crippen LogP contribution >= 0.6 is 0 Å². The summed E-state index contributed by atoms with van der Waals surface area (Å²) in [6, 6.07) is 0. The number of carbonyl (C=O) groups excluding carboxylic acids is 2. The molecule has 1 aliphatic rings. The summed E-state index contributed by atoms with van der Waals surface area (Å²) in [5.74, 6) is -1.20. The molecule has 1 aliphatic carbocycles. The van der Waals surface area contributed by atoms with Crippen molar-refractivity contribution < 1.29 is 19.1 Å². The lowest BCUT2D eigenvalue weighted by Gasteiger charge is -2.22. The number of esters is 2. The van der Waals surface area contributed by atoms with Crippen LogP contribution in [0.1, 0.15) is 39.5 Å². The Balaban J connectivity index is 2.78. The zero-order chi connectivity index (χ0) is 13.5. The fourth-order valence-corrected chi connectivity index (χ4v) is 2.49. The summed E-state index contributed by atoms with van der Waals surface area (Å²) in [7, 11) is 0. The molecule has 4 heteroatoms. The Kier molecular flexibility index (Phi) is 5.89. The normalized spacial score (nSPS) is 17.2. The highest BCUT2D eigenvalue weighted by molar-refractivity contribution is 5.95. The first-order valence-corrected chi connectivity index (χ1v) is 6.64. The smallest absolute Gasteiger partial charge is 0.334 e. The highest BCUT2D eigenvalue weighted by Crippen LogP contribution is 2.35. The van der Waals surface area contributed by atoms with E-state index < -0.39 is 11.9 Å². The first kappa shape index (κ1) is 14.7. The van der Waals surface area contributed by atoms with Crippen LogP contribution in [0.5, 0.6) is 0 Å². The molecular weight excluding hydrogens is 232 g/mol. The molecule has 1 atom stereocenters. The summed E-state index contributed by atoms with van der Waals surface area (Å²) in [5, 5.41) is 0. The monoisotopic (exact) mass is 254 g/mol. The van der Waals surface area contributed by atoms with Crippen LogP contribution in [-0.4, -0.2) is 25.2 Å². The number of ether oxygens (including phenoxy) is 2. The SMILES string of the molecule is C=C(C(=O)OCC)C(C(=O)OCC)C1CCCC1. The molecule has 0 amide bonds. The summed E-state index contributed by atoms with van der Waals surface area (Å²) in [4.78, 5) is 23.7. The molecule has 0 aromatic rings. The second-order valence-corrected chi connectivity index (χ2v) is 4.52. The van der Waals surface area contributed by atoms with Crippen LogP contribution in [-0.2, 0) is 19.1 Å². The lowest BCUT2D eigenvalue weighted by atomic mass is 9.85. The van der Waals surface area contributed by atoms with Gasteiger partial charge in [-0.2, -0.15) is 0 Å². The first-order chi connectivity index (χ1) is 8.61. The third-order valence-corrected chi connectivity index (χ3v) is 3.32. The van der Waals surface area contributed by atoms with E-state index in [0.29, 0.717) is 6.61 Å². The van der Waals surface area contributed by atoms with Gasteiger partial charge in [-0.05, 0) is 32.6 Å². The molecule has 0 saturated heterocycles. The van der Waals surface area contributed by atoms with Crippen LogP contribution in [0, 0.1) is 11.8 Å². The molecule has 102 valence electrons. The van der Waals surface area contributed by atoms with Crippen molar-refractivity contribution in [1.29, 1.82) is 0 Å². The molecule has 0 heterocycles. The zero-order valence-corrected chi connectivity index (χ0v) is 11.2. The average molecular weight is 254 g/mol. The lowest BCUT2D eigenvalue weighted by Crippen LogP contribution is -2.30. The van der Waals surface area contributed by atoms with Crippen molar-refractivity contribution in [3.8, 4) is 0 Å². The molecule has 1 fully saturated rings. The molecule has 18 heavy (non-hydrogen) atoms. The van der Waals surface area contributed by atoms with Crippen LogP contribution < -0.4 is 0 Å². The fraction of sp³-hybridized carbons (Fsp3) is 0.714. The molecule has 1 unspecified atom stereocenters. The van der Waals surface area contributed by atoms with Gasteiger partial charge >= 0.3 is 11.9 Å². The minimum Gasteiger partial charge on any atom is -0.466 e. The second kappa shape index (κ2) is 7.19. The van der Waals surface area contributed by atoms with Gasteiger partial charge in [0, 0.05) is 5.57 Å². The maximum Gasteiger partial charge on any atom is 0.334 e. The van der Waals surface area contributed by atoms with Crippen LogP contribution in [0.15, 0.2) is 12.2 Å². The van der Waals surface area contributed by atoms with Gasteiger partial charge < -0.3 is 9.47 Å². The van der Waals surface area contributed by atoms with Crippen molar-refractivity contribution in [2.45, 2.75) is 39.5 Å². The molecule has 0 aliphatic heterocycles. The maximum atomic E-state index is 12.0. The van der Waals surface area contributed by atoms with Crippen molar-refractivity contribution in [3.63, 3.8) is 0 Å². The van der Waals surface area contributed by atoms with E-state index in [1.54, 1.807) is 13.8 Å². The Morgan fingerprint density at radius 1 is 1.17 bits per heavy atom. The van der Waals surface area contributed by atoms with Gasteiger partial charge in [0.1, 0.15) is 0 Å². The Hall–Kier alpha value is -1.32. The van der Waals surface area contributed by atoms with Crippen LogP contribution in [0.25, 0.3) is 0 Å². The predicted molar refractivity (Wildman–Crippen MR) is 67.9 cm³/mol. The van der Waals surface area contributed by atoms with Crippen LogP contribution in [0.3, 0.4) is 0 Å². The van der Waals surface area contributed by atoms with Crippen LogP contribution in [0.4, 0.5) is 0 Å². The van der Waals surface area contributed by atoms with Crippen molar-refractivity contribution in [2.75, 3.05) is 13.2 Å². The Morgan fingerprint density at radius 3 is 2.22 bits per heavy atom. The molecule has 0 spiro atoms. The summed E-state index contributed by atoms with van der Waals surface area (Å²) < 4.78 is 9.98. The lowest BCUT2D eigenvalue weighted by molar-refractivity contribution is -0.151. The summed E-state index contributed by atoms with van der Waals surface area (Å²) >= 11 is 0. The molecule has 0 aromatic heterocycles. The van der Waals surface area contributed by atoms with E-state index in [9.17, 15) is 9.59 Å². The largest absolute Gasteiger partial charge is 0.466 e. The standard InChI is InChI=1S/C14H22O4/c1-4-17-13(15)10(3)12(14(16)18-5-2)11-8-6-7-9-11/h11-12H,3-9H2,1-2H3. The third-order valence-electron chi connectivity index (χ3n) is 3.32. The Bertz CT molecular complexity index is 316. The van der Waals surface area contributed by atoms with Crippen molar-refractivity contribution in [2.24, 2.45) is 11.8 Å². The number of carbonyl (C=O) groups is 2. The van der Waals surface area contributed by atoms with Crippen LogP contribution in [0.2, 0.25) is 0 Å². The van der Waals surface area contributed by atoms with Gasteiger partial charge in [-0.3, -0.25) is 4.79 Å². The van der Waals surface area contributed by atoms with Gasteiger partial charge in [-0.1, -0.05) is 19.4 Å². The van der Waals surface area contributed by atoms with E-state index in [4.69, 9.17) is 9.47 Å². The zero-order valence-electron chi connectivity index (χ0n) is 11.2. The second-order valence-electron chi connectivity index (χ2n) is 4.52. The van der Waals surface area contributed by atoms with Gasteiger partial charge in [-0.15, -0.1) is 0 Å². The molecular formula is C14H22O4. The highest BCUT2D eigenvalue weighted by Gasteiger charge is 2.36. The van der Waals surface area contributed by atoms with E-state index in [0.717, 1.165) is 25.7 Å². The number of hydrogen-bond donors (Lipinski definition) is 0. The van der Waals surface area contributed by atoms with Crippen molar-refractivity contribution in [3.05, 3.63) is 12.2 Å². The number of rotatable bonds is 6. The van der Waals surface area contributed by atoms with E-state index in [1.807, 2.05) is 0 Å². The molecule has 0 radical (unpaired) electrons. The molecule has 1 rings (SSSR count). The van der Waals surface area contributed by atoms with Crippen molar-refractivity contribution >= 4 is 11.9 Å². The van der Waals surface area contributed by atoms with E-state index in [2.05, 4.69) is 6.58 Å². The molecule has 0 bridgehead atoms.